The zero-order valence-corrected chi connectivity index (χ0v) is 16.7. The number of likely N-dealkylation sites (N-methyl/N-ethyl adjacent to an activating group) is 1. The molecule has 0 amide bonds. The standard InChI is InChI=1S/C20H21N3O2S2/c1-22-10-12-23(13-11-22)27(24,25)19-8-9-20(21-15-19)26-18-7-6-16-4-2-3-5-17(16)14-18/h2-9,14-15H,10-13H2,1H3. The number of sulfonamides is 1. The predicted molar refractivity (Wildman–Crippen MR) is 109 cm³/mol. The van der Waals surface area contributed by atoms with Gasteiger partial charge in [0, 0.05) is 37.3 Å². The Morgan fingerprint density at radius 2 is 1.67 bits per heavy atom. The highest BCUT2D eigenvalue weighted by atomic mass is 32.2. The van der Waals surface area contributed by atoms with Crippen molar-refractivity contribution in [2.24, 2.45) is 0 Å². The van der Waals surface area contributed by atoms with Crippen LogP contribution in [0.5, 0.6) is 0 Å². The fourth-order valence-electron chi connectivity index (χ4n) is 3.11. The molecule has 1 aliphatic rings. The van der Waals surface area contributed by atoms with E-state index >= 15 is 0 Å². The summed E-state index contributed by atoms with van der Waals surface area (Å²) in [5.41, 5.74) is 0. The van der Waals surface area contributed by atoms with Gasteiger partial charge in [-0.05, 0) is 42.1 Å². The lowest BCUT2D eigenvalue weighted by molar-refractivity contribution is 0.222. The number of pyridine rings is 1. The van der Waals surface area contributed by atoms with E-state index < -0.39 is 10.0 Å². The maximum absolute atomic E-state index is 12.8. The molecule has 5 nitrogen and oxygen atoms in total. The van der Waals surface area contributed by atoms with E-state index in [4.69, 9.17) is 0 Å². The molecule has 1 fully saturated rings. The van der Waals surface area contributed by atoms with Crippen LogP contribution in [0.15, 0.2) is 75.6 Å². The van der Waals surface area contributed by atoms with Crippen molar-refractivity contribution in [2.45, 2.75) is 14.8 Å². The summed E-state index contributed by atoms with van der Waals surface area (Å²) in [7, 11) is -1.46. The first kappa shape index (κ1) is 18.4. The zero-order valence-electron chi connectivity index (χ0n) is 15.1. The smallest absolute Gasteiger partial charge is 0.244 e. The lowest BCUT2D eigenvalue weighted by Crippen LogP contribution is -2.47. The Balaban J connectivity index is 1.51. The van der Waals surface area contributed by atoms with Crippen LogP contribution in [0.3, 0.4) is 0 Å². The first-order valence-corrected chi connectivity index (χ1v) is 11.1. The number of hydrogen-bond acceptors (Lipinski definition) is 5. The molecule has 1 aliphatic heterocycles. The predicted octanol–water partition coefficient (Wildman–Crippen LogP) is 3.32. The summed E-state index contributed by atoms with van der Waals surface area (Å²) in [6, 6.07) is 17.9. The van der Waals surface area contributed by atoms with Crippen molar-refractivity contribution in [2.75, 3.05) is 33.2 Å². The molecular formula is C20H21N3O2S2. The molecule has 0 aliphatic carbocycles. The summed E-state index contributed by atoms with van der Waals surface area (Å²) in [6.45, 7) is 2.55. The average Bonchev–Trinajstić information content (AvgIpc) is 2.69. The van der Waals surface area contributed by atoms with Gasteiger partial charge in [-0.2, -0.15) is 4.31 Å². The van der Waals surface area contributed by atoms with Crippen molar-refractivity contribution in [3.63, 3.8) is 0 Å². The lowest BCUT2D eigenvalue weighted by atomic mass is 10.1. The molecule has 2 heterocycles. The molecule has 0 N–H and O–H groups in total. The molecule has 2 aromatic carbocycles. The minimum atomic E-state index is -3.47. The first-order chi connectivity index (χ1) is 13.0. The third kappa shape index (κ3) is 4.01. The first-order valence-electron chi connectivity index (χ1n) is 8.84. The van der Waals surface area contributed by atoms with Gasteiger partial charge >= 0.3 is 0 Å². The van der Waals surface area contributed by atoms with Crippen LogP contribution in [-0.4, -0.2) is 55.8 Å². The molecule has 3 aromatic rings. The number of rotatable bonds is 4. The molecule has 140 valence electrons. The Bertz CT molecular complexity index is 1040. The monoisotopic (exact) mass is 399 g/mol. The van der Waals surface area contributed by atoms with E-state index in [1.807, 2.05) is 19.2 Å². The maximum atomic E-state index is 12.8. The van der Waals surface area contributed by atoms with Crippen molar-refractivity contribution >= 4 is 32.6 Å². The maximum Gasteiger partial charge on any atom is 0.244 e. The van der Waals surface area contributed by atoms with Gasteiger partial charge in [-0.3, -0.25) is 0 Å². The number of fused-ring (bicyclic) bond motifs is 1. The van der Waals surface area contributed by atoms with Gasteiger partial charge in [0.1, 0.15) is 9.92 Å². The summed E-state index contributed by atoms with van der Waals surface area (Å²) in [5, 5.41) is 3.16. The van der Waals surface area contributed by atoms with Crippen LogP contribution in [-0.2, 0) is 10.0 Å². The van der Waals surface area contributed by atoms with Crippen molar-refractivity contribution in [1.29, 1.82) is 0 Å². The molecule has 0 bridgehead atoms. The van der Waals surface area contributed by atoms with E-state index in [2.05, 4.69) is 40.2 Å². The Labute approximate surface area is 164 Å². The van der Waals surface area contributed by atoms with Crippen molar-refractivity contribution in [3.8, 4) is 0 Å². The molecule has 4 rings (SSSR count). The second-order valence-electron chi connectivity index (χ2n) is 6.65. The van der Waals surface area contributed by atoms with Crippen LogP contribution < -0.4 is 0 Å². The van der Waals surface area contributed by atoms with Gasteiger partial charge in [-0.15, -0.1) is 0 Å². The van der Waals surface area contributed by atoms with Crippen molar-refractivity contribution < 1.29 is 8.42 Å². The normalized spacial score (nSPS) is 16.6. The van der Waals surface area contributed by atoms with E-state index in [0.717, 1.165) is 23.0 Å². The quantitative estimate of drug-likeness (QED) is 0.674. The van der Waals surface area contributed by atoms with E-state index in [9.17, 15) is 8.42 Å². The highest BCUT2D eigenvalue weighted by Crippen LogP contribution is 2.29. The van der Waals surface area contributed by atoms with Gasteiger partial charge in [0.15, 0.2) is 0 Å². The van der Waals surface area contributed by atoms with Crippen LogP contribution >= 0.6 is 11.8 Å². The third-order valence-corrected chi connectivity index (χ3v) is 7.58. The molecule has 0 unspecified atom stereocenters. The van der Waals surface area contributed by atoms with Gasteiger partial charge in [0.25, 0.3) is 0 Å². The van der Waals surface area contributed by atoms with Crippen LogP contribution in [0, 0.1) is 0 Å². The van der Waals surface area contributed by atoms with Crippen LogP contribution in [0.2, 0.25) is 0 Å². The second-order valence-corrected chi connectivity index (χ2v) is 9.68. The van der Waals surface area contributed by atoms with Crippen molar-refractivity contribution in [1.82, 2.24) is 14.2 Å². The summed E-state index contributed by atoms with van der Waals surface area (Å²) in [4.78, 5) is 7.85. The molecule has 1 saturated heterocycles. The second kappa shape index (κ2) is 7.59. The van der Waals surface area contributed by atoms with Gasteiger partial charge in [0.2, 0.25) is 10.0 Å². The Kier molecular flexibility index (Phi) is 5.19. The van der Waals surface area contributed by atoms with Crippen LogP contribution in [0.4, 0.5) is 0 Å². The number of hydrogen-bond donors (Lipinski definition) is 0. The van der Waals surface area contributed by atoms with Crippen LogP contribution in [0.1, 0.15) is 0 Å². The molecule has 1 aromatic heterocycles. The minimum absolute atomic E-state index is 0.259. The molecule has 0 radical (unpaired) electrons. The van der Waals surface area contributed by atoms with E-state index in [1.54, 1.807) is 16.4 Å². The highest BCUT2D eigenvalue weighted by Gasteiger charge is 2.27. The molecule has 27 heavy (non-hydrogen) atoms. The highest BCUT2D eigenvalue weighted by molar-refractivity contribution is 7.99. The molecular weight excluding hydrogens is 378 g/mol. The lowest BCUT2D eigenvalue weighted by Gasteiger charge is -2.31. The molecule has 0 atom stereocenters. The Hall–Kier alpha value is -1.93. The number of nitrogens with zero attached hydrogens (tertiary/aromatic N) is 3. The Morgan fingerprint density at radius 3 is 2.37 bits per heavy atom. The third-order valence-electron chi connectivity index (χ3n) is 4.75. The van der Waals surface area contributed by atoms with Gasteiger partial charge < -0.3 is 4.90 Å². The van der Waals surface area contributed by atoms with E-state index in [0.29, 0.717) is 13.1 Å². The summed E-state index contributed by atoms with van der Waals surface area (Å²) in [5.74, 6) is 0. The van der Waals surface area contributed by atoms with Crippen molar-refractivity contribution in [3.05, 3.63) is 60.8 Å². The summed E-state index contributed by atoms with van der Waals surface area (Å²) < 4.78 is 27.1. The molecule has 7 heteroatoms. The summed E-state index contributed by atoms with van der Waals surface area (Å²) >= 11 is 1.53. The van der Waals surface area contributed by atoms with E-state index in [1.165, 1.54) is 28.7 Å². The minimum Gasteiger partial charge on any atom is -0.304 e. The van der Waals surface area contributed by atoms with Crippen LogP contribution in [0.25, 0.3) is 10.8 Å². The molecule has 0 saturated carbocycles. The zero-order chi connectivity index (χ0) is 18.9. The van der Waals surface area contributed by atoms with Gasteiger partial charge in [-0.25, -0.2) is 13.4 Å². The summed E-state index contributed by atoms with van der Waals surface area (Å²) in [6.07, 6.45) is 1.47. The average molecular weight is 400 g/mol. The largest absolute Gasteiger partial charge is 0.304 e. The SMILES string of the molecule is CN1CCN(S(=O)(=O)c2ccc(Sc3ccc4ccccc4c3)nc2)CC1. The van der Waals surface area contributed by atoms with E-state index in [-0.39, 0.29) is 4.90 Å². The number of aromatic nitrogens is 1. The van der Waals surface area contributed by atoms with Gasteiger partial charge in [-0.1, -0.05) is 42.1 Å². The molecule has 0 spiro atoms. The Morgan fingerprint density at radius 1 is 0.926 bits per heavy atom. The number of piperazine rings is 1. The van der Waals surface area contributed by atoms with Gasteiger partial charge in [0.05, 0.1) is 0 Å². The fourth-order valence-corrected chi connectivity index (χ4v) is 5.28. The fraction of sp³-hybridized carbons (Fsp3) is 0.250. The topological polar surface area (TPSA) is 53.5 Å². The number of benzene rings is 2.